The molecule has 0 bridgehead atoms. The summed E-state index contributed by atoms with van der Waals surface area (Å²) in [4.78, 5) is 16.0. The van der Waals surface area contributed by atoms with Crippen molar-refractivity contribution in [2.24, 2.45) is 0 Å². The quantitative estimate of drug-likeness (QED) is 0.675. The molecule has 23 heavy (non-hydrogen) atoms. The predicted molar refractivity (Wildman–Crippen MR) is 94.6 cm³/mol. The van der Waals surface area contributed by atoms with Crippen LogP contribution in [0.2, 0.25) is 0 Å². The van der Waals surface area contributed by atoms with Crippen molar-refractivity contribution >= 4 is 22.3 Å². The largest absolute Gasteiger partial charge is 0.354 e. The number of para-hydroxylation sites is 1. The zero-order valence-corrected chi connectivity index (χ0v) is 13.4. The Morgan fingerprint density at radius 2 is 1.83 bits per heavy atom. The summed E-state index contributed by atoms with van der Waals surface area (Å²) in [6.45, 7) is 4.27. The highest BCUT2D eigenvalue weighted by Gasteiger charge is 2.26. The van der Waals surface area contributed by atoms with E-state index in [2.05, 4.69) is 49.2 Å². The van der Waals surface area contributed by atoms with Crippen molar-refractivity contribution in [2.45, 2.75) is 26.2 Å². The number of nitrogens with one attached hydrogen (secondary N) is 1. The van der Waals surface area contributed by atoms with E-state index >= 15 is 0 Å². The molecule has 0 aliphatic heterocycles. The fourth-order valence-electron chi connectivity index (χ4n) is 3.65. The van der Waals surface area contributed by atoms with Crippen LogP contribution >= 0.6 is 0 Å². The van der Waals surface area contributed by atoms with E-state index in [1.54, 1.807) is 0 Å². The van der Waals surface area contributed by atoms with Crippen LogP contribution in [0.4, 0.5) is 0 Å². The molecule has 1 heterocycles. The van der Waals surface area contributed by atoms with Gasteiger partial charge in [-0.15, -0.1) is 0 Å². The van der Waals surface area contributed by atoms with Crippen molar-refractivity contribution in [3.63, 3.8) is 0 Å². The fourth-order valence-corrected chi connectivity index (χ4v) is 3.65. The number of hydrogen-bond donors (Lipinski definition) is 1. The molecule has 1 unspecified atom stereocenters. The van der Waals surface area contributed by atoms with E-state index in [1.165, 1.54) is 22.0 Å². The minimum absolute atomic E-state index is 0.196. The van der Waals surface area contributed by atoms with Gasteiger partial charge < -0.3 is 4.98 Å². The Morgan fingerprint density at radius 1 is 1.04 bits per heavy atom. The number of allylic oxidation sites excluding steroid dienone is 1. The lowest BCUT2D eigenvalue weighted by Gasteiger charge is -2.10. The number of carbonyl (C=O) groups is 1. The molecule has 114 valence electrons. The van der Waals surface area contributed by atoms with Gasteiger partial charge in [0.05, 0.1) is 5.69 Å². The van der Waals surface area contributed by atoms with Crippen LogP contribution in [-0.4, -0.2) is 10.8 Å². The van der Waals surface area contributed by atoms with Gasteiger partial charge in [-0.1, -0.05) is 55.5 Å². The molecule has 1 N–H and O–H groups in total. The summed E-state index contributed by atoms with van der Waals surface area (Å²) < 4.78 is 0. The van der Waals surface area contributed by atoms with Gasteiger partial charge in [-0.05, 0) is 35.6 Å². The van der Waals surface area contributed by atoms with E-state index in [-0.39, 0.29) is 11.7 Å². The summed E-state index contributed by atoms with van der Waals surface area (Å²) in [6.07, 6.45) is 2.37. The van der Waals surface area contributed by atoms with Gasteiger partial charge >= 0.3 is 0 Å². The average molecular weight is 301 g/mol. The highest BCUT2D eigenvalue weighted by atomic mass is 16.1. The smallest absolute Gasteiger partial charge is 0.156 e. The average Bonchev–Trinajstić information content (AvgIpc) is 2.88. The minimum Gasteiger partial charge on any atom is -0.354 e. The summed E-state index contributed by atoms with van der Waals surface area (Å²) in [6, 6.07) is 16.5. The molecule has 0 spiro atoms. The highest BCUT2D eigenvalue weighted by molar-refractivity contribution is 6.05. The van der Waals surface area contributed by atoms with Crippen LogP contribution in [0, 0.1) is 6.92 Å². The number of aromatic nitrogens is 1. The summed E-state index contributed by atoms with van der Waals surface area (Å²) in [5.74, 6) is 0.410. The van der Waals surface area contributed by atoms with Crippen LogP contribution in [-0.2, 0) is 4.79 Å². The number of aromatic amines is 1. The molecule has 2 heteroatoms. The number of ketones is 1. The van der Waals surface area contributed by atoms with Crippen LogP contribution in [0.5, 0.6) is 0 Å². The molecule has 2 nitrogen and oxygen atoms in total. The van der Waals surface area contributed by atoms with E-state index in [0.29, 0.717) is 6.42 Å². The van der Waals surface area contributed by atoms with Crippen molar-refractivity contribution in [1.82, 2.24) is 4.98 Å². The number of carbonyl (C=O) groups excluding carboxylic acids is 1. The maximum atomic E-state index is 12.4. The topological polar surface area (TPSA) is 32.9 Å². The van der Waals surface area contributed by atoms with E-state index < -0.39 is 0 Å². The number of rotatable bonds is 1. The van der Waals surface area contributed by atoms with Crippen LogP contribution in [0.15, 0.2) is 54.6 Å². The van der Waals surface area contributed by atoms with E-state index in [9.17, 15) is 4.79 Å². The highest BCUT2D eigenvalue weighted by Crippen LogP contribution is 2.40. The number of hydrogen-bond acceptors (Lipinski definition) is 1. The number of benzene rings is 2. The molecular weight excluding hydrogens is 282 g/mol. The van der Waals surface area contributed by atoms with Gasteiger partial charge in [0.1, 0.15) is 0 Å². The van der Waals surface area contributed by atoms with E-state index in [1.807, 2.05) is 24.3 Å². The molecule has 1 aliphatic carbocycles. The van der Waals surface area contributed by atoms with Crippen molar-refractivity contribution in [2.75, 3.05) is 0 Å². The summed E-state index contributed by atoms with van der Waals surface area (Å²) in [5.41, 5.74) is 6.87. The lowest BCUT2D eigenvalue weighted by molar-refractivity contribution is -0.114. The minimum atomic E-state index is 0.196. The molecule has 0 amide bonds. The van der Waals surface area contributed by atoms with Crippen molar-refractivity contribution in [1.29, 1.82) is 0 Å². The molecule has 0 fully saturated rings. The van der Waals surface area contributed by atoms with Crippen LogP contribution in [0.25, 0.3) is 16.5 Å². The lowest BCUT2D eigenvalue weighted by Crippen LogP contribution is -1.99. The Kier molecular flexibility index (Phi) is 3.19. The molecule has 4 rings (SSSR count). The first-order valence-electron chi connectivity index (χ1n) is 8.06. The third-order valence-electron chi connectivity index (χ3n) is 4.74. The predicted octanol–water partition coefficient (Wildman–Crippen LogP) is 4.98. The Morgan fingerprint density at radius 3 is 2.61 bits per heavy atom. The summed E-state index contributed by atoms with van der Waals surface area (Å²) in [5, 5.41) is 1.24. The number of H-pyrrole nitrogens is 1. The van der Waals surface area contributed by atoms with Crippen LogP contribution in [0.1, 0.15) is 41.6 Å². The molecular formula is C21H19NO. The molecule has 3 aromatic rings. The monoisotopic (exact) mass is 301 g/mol. The lowest BCUT2D eigenvalue weighted by atomic mass is 9.92. The molecule has 0 saturated carbocycles. The van der Waals surface area contributed by atoms with Gasteiger partial charge in [0, 0.05) is 22.9 Å². The number of fused-ring (bicyclic) bond motifs is 3. The van der Waals surface area contributed by atoms with Crippen LogP contribution < -0.4 is 0 Å². The first kappa shape index (κ1) is 14.0. The maximum absolute atomic E-state index is 12.4. The Bertz CT molecular complexity index is 931. The maximum Gasteiger partial charge on any atom is 0.156 e. The van der Waals surface area contributed by atoms with Gasteiger partial charge in [0.25, 0.3) is 0 Å². The third kappa shape index (κ3) is 2.22. The second-order valence-electron chi connectivity index (χ2n) is 6.41. The van der Waals surface area contributed by atoms with Gasteiger partial charge in [-0.3, -0.25) is 4.79 Å². The Balaban J connectivity index is 2.06. The van der Waals surface area contributed by atoms with Gasteiger partial charge in [0.2, 0.25) is 0 Å². The third-order valence-corrected chi connectivity index (χ3v) is 4.74. The number of aryl methyl sites for hydroxylation is 1. The SMILES string of the molecule is Cc1cccc2c3c([nH]c12)C(c1ccccc1)=CC(=O)CC3C. The molecule has 1 aliphatic rings. The summed E-state index contributed by atoms with van der Waals surface area (Å²) in [7, 11) is 0. The van der Waals surface area contributed by atoms with Crippen LogP contribution in [0.3, 0.4) is 0 Å². The van der Waals surface area contributed by atoms with Crippen molar-refractivity contribution in [3.05, 3.63) is 77.0 Å². The normalized spacial score (nSPS) is 17.7. The standard InChI is InChI=1S/C21H19NO/c1-13-7-6-10-17-19-14(2)11-16(23)12-18(21(19)22-20(13)17)15-8-4-3-5-9-15/h3-10,12,14,22H,11H2,1-2H3. The van der Waals surface area contributed by atoms with E-state index in [4.69, 9.17) is 0 Å². The molecule has 0 radical (unpaired) electrons. The first-order valence-corrected chi connectivity index (χ1v) is 8.06. The second-order valence-corrected chi connectivity index (χ2v) is 6.41. The Hall–Kier alpha value is -2.61. The van der Waals surface area contributed by atoms with Gasteiger partial charge in [-0.2, -0.15) is 0 Å². The fraction of sp³-hybridized carbons (Fsp3) is 0.190. The van der Waals surface area contributed by atoms with E-state index in [0.717, 1.165) is 16.8 Å². The second kappa shape index (κ2) is 5.24. The van der Waals surface area contributed by atoms with Crippen molar-refractivity contribution < 1.29 is 4.79 Å². The zero-order chi connectivity index (χ0) is 16.0. The molecule has 1 atom stereocenters. The Labute approximate surface area is 135 Å². The zero-order valence-electron chi connectivity index (χ0n) is 13.4. The molecule has 0 saturated heterocycles. The first-order chi connectivity index (χ1) is 11.1. The van der Waals surface area contributed by atoms with Gasteiger partial charge in [-0.25, -0.2) is 0 Å². The van der Waals surface area contributed by atoms with Gasteiger partial charge in [0.15, 0.2) is 5.78 Å². The molecule has 2 aromatic carbocycles. The molecule has 1 aromatic heterocycles. The summed E-state index contributed by atoms with van der Waals surface area (Å²) >= 11 is 0. The van der Waals surface area contributed by atoms with Crippen molar-refractivity contribution in [3.8, 4) is 0 Å².